The largest absolute Gasteiger partial charge is 0.480 e. The smallest absolute Gasteiger partial charge is 0.323 e. The Balaban J connectivity index is 2.66. The molecule has 1 saturated heterocycles. The number of amides is 2. The highest BCUT2D eigenvalue weighted by Crippen LogP contribution is 2.08. The molecule has 1 aliphatic rings. The third-order valence-corrected chi connectivity index (χ3v) is 3.16. The molecule has 0 atom stereocenters. The Morgan fingerprint density at radius 2 is 1.89 bits per heavy atom. The highest BCUT2D eigenvalue weighted by molar-refractivity contribution is 5.80. The molecule has 6 nitrogen and oxygen atoms in total. The van der Waals surface area contributed by atoms with E-state index < -0.39 is 5.97 Å². The number of likely N-dealkylation sites (N-methyl/N-ethyl adjacent to an activating group) is 1. The standard InChI is InChI=1S/C12H23N3O3/c1-10(2)15(9-11(16)17)12(18)14-6-4-5-13(3)7-8-14/h10H,4-9H2,1-3H3,(H,16,17). The van der Waals surface area contributed by atoms with Crippen molar-refractivity contribution in [3.8, 4) is 0 Å². The van der Waals surface area contributed by atoms with E-state index in [1.54, 1.807) is 4.90 Å². The van der Waals surface area contributed by atoms with Crippen molar-refractivity contribution in [1.82, 2.24) is 14.7 Å². The lowest BCUT2D eigenvalue weighted by Crippen LogP contribution is -2.49. The molecular formula is C12H23N3O3. The molecule has 104 valence electrons. The average Bonchev–Trinajstić information content (AvgIpc) is 2.49. The van der Waals surface area contributed by atoms with Crippen molar-refractivity contribution >= 4 is 12.0 Å². The van der Waals surface area contributed by atoms with Gasteiger partial charge in [-0.1, -0.05) is 0 Å². The lowest BCUT2D eigenvalue weighted by Gasteiger charge is -2.31. The van der Waals surface area contributed by atoms with Gasteiger partial charge in [-0.3, -0.25) is 4.79 Å². The minimum atomic E-state index is -0.969. The van der Waals surface area contributed by atoms with E-state index in [9.17, 15) is 9.59 Å². The van der Waals surface area contributed by atoms with Crippen molar-refractivity contribution in [2.24, 2.45) is 0 Å². The van der Waals surface area contributed by atoms with Crippen molar-refractivity contribution in [2.45, 2.75) is 26.3 Å². The topological polar surface area (TPSA) is 64.1 Å². The Morgan fingerprint density at radius 3 is 2.44 bits per heavy atom. The predicted octanol–water partition coefficient (Wildman–Crippen LogP) is 0.539. The fourth-order valence-corrected chi connectivity index (χ4v) is 2.04. The third-order valence-electron chi connectivity index (χ3n) is 3.16. The zero-order chi connectivity index (χ0) is 13.7. The van der Waals surface area contributed by atoms with Gasteiger partial charge in [0.15, 0.2) is 0 Å². The summed E-state index contributed by atoms with van der Waals surface area (Å²) in [4.78, 5) is 28.5. The maximum absolute atomic E-state index is 12.3. The van der Waals surface area contributed by atoms with Crippen LogP contribution in [0.2, 0.25) is 0 Å². The molecule has 1 N–H and O–H groups in total. The highest BCUT2D eigenvalue weighted by Gasteiger charge is 2.26. The summed E-state index contributed by atoms with van der Waals surface area (Å²) in [5.41, 5.74) is 0. The van der Waals surface area contributed by atoms with Crippen LogP contribution in [-0.2, 0) is 4.79 Å². The molecule has 0 aromatic heterocycles. The van der Waals surface area contributed by atoms with Gasteiger partial charge < -0.3 is 19.8 Å². The van der Waals surface area contributed by atoms with Crippen LogP contribution in [-0.4, -0.2) is 77.6 Å². The van der Waals surface area contributed by atoms with E-state index in [1.807, 2.05) is 20.9 Å². The van der Waals surface area contributed by atoms with Crippen LogP contribution in [0.1, 0.15) is 20.3 Å². The SMILES string of the molecule is CC(C)N(CC(=O)O)C(=O)N1CCCN(C)CC1. The Labute approximate surface area is 108 Å². The number of nitrogens with zero attached hydrogens (tertiary/aromatic N) is 3. The van der Waals surface area contributed by atoms with Gasteiger partial charge >= 0.3 is 12.0 Å². The second-order valence-electron chi connectivity index (χ2n) is 5.04. The van der Waals surface area contributed by atoms with Crippen LogP contribution in [0.5, 0.6) is 0 Å². The molecule has 0 spiro atoms. The molecule has 0 bridgehead atoms. The molecule has 0 aromatic rings. The summed E-state index contributed by atoms with van der Waals surface area (Å²) in [5.74, 6) is -0.969. The maximum atomic E-state index is 12.3. The van der Waals surface area contributed by atoms with Gasteiger partial charge in [-0.25, -0.2) is 4.79 Å². The second kappa shape index (κ2) is 6.58. The number of hydrogen-bond acceptors (Lipinski definition) is 3. The normalized spacial score (nSPS) is 17.7. The molecule has 0 unspecified atom stereocenters. The third kappa shape index (κ3) is 4.18. The quantitative estimate of drug-likeness (QED) is 0.801. The molecule has 1 heterocycles. The number of urea groups is 1. The first-order chi connectivity index (χ1) is 8.41. The van der Waals surface area contributed by atoms with E-state index in [0.29, 0.717) is 13.1 Å². The molecular weight excluding hydrogens is 234 g/mol. The van der Waals surface area contributed by atoms with E-state index in [-0.39, 0.29) is 18.6 Å². The minimum Gasteiger partial charge on any atom is -0.480 e. The fraction of sp³-hybridized carbons (Fsp3) is 0.833. The number of carboxylic acids is 1. The van der Waals surface area contributed by atoms with Gasteiger partial charge in [0.2, 0.25) is 0 Å². The van der Waals surface area contributed by atoms with Crippen LogP contribution in [0.3, 0.4) is 0 Å². The lowest BCUT2D eigenvalue weighted by atomic mass is 10.3. The van der Waals surface area contributed by atoms with Gasteiger partial charge in [0.05, 0.1) is 0 Å². The van der Waals surface area contributed by atoms with Gasteiger partial charge in [0.25, 0.3) is 0 Å². The van der Waals surface area contributed by atoms with Crippen molar-refractivity contribution in [3.05, 3.63) is 0 Å². The molecule has 2 amide bonds. The van der Waals surface area contributed by atoms with Gasteiger partial charge in [0.1, 0.15) is 6.54 Å². The first-order valence-electron chi connectivity index (χ1n) is 6.37. The highest BCUT2D eigenvalue weighted by atomic mass is 16.4. The number of carboxylic acid groups (broad SMARTS) is 1. The van der Waals surface area contributed by atoms with Gasteiger partial charge in [-0.05, 0) is 33.9 Å². The molecule has 18 heavy (non-hydrogen) atoms. The number of carbonyl (C=O) groups excluding carboxylic acids is 1. The maximum Gasteiger partial charge on any atom is 0.323 e. The fourth-order valence-electron chi connectivity index (χ4n) is 2.04. The van der Waals surface area contributed by atoms with Crippen LogP contribution < -0.4 is 0 Å². The Kier molecular flexibility index (Phi) is 5.40. The molecule has 0 aliphatic carbocycles. The predicted molar refractivity (Wildman–Crippen MR) is 68.6 cm³/mol. The van der Waals surface area contributed by atoms with Gasteiger partial charge in [-0.15, -0.1) is 0 Å². The number of aliphatic carboxylic acids is 1. The summed E-state index contributed by atoms with van der Waals surface area (Å²) in [6, 6.07) is -0.266. The zero-order valence-corrected chi connectivity index (χ0v) is 11.4. The van der Waals surface area contributed by atoms with Gasteiger partial charge in [-0.2, -0.15) is 0 Å². The Morgan fingerprint density at radius 1 is 1.22 bits per heavy atom. The molecule has 6 heteroatoms. The van der Waals surface area contributed by atoms with Crippen molar-refractivity contribution in [1.29, 1.82) is 0 Å². The van der Waals surface area contributed by atoms with E-state index in [4.69, 9.17) is 5.11 Å². The van der Waals surface area contributed by atoms with Crippen LogP contribution in [0.4, 0.5) is 4.79 Å². The van der Waals surface area contributed by atoms with Crippen molar-refractivity contribution in [3.63, 3.8) is 0 Å². The molecule has 1 fully saturated rings. The monoisotopic (exact) mass is 257 g/mol. The number of rotatable bonds is 3. The van der Waals surface area contributed by atoms with Crippen molar-refractivity contribution in [2.75, 3.05) is 39.8 Å². The zero-order valence-electron chi connectivity index (χ0n) is 11.4. The summed E-state index contributed by atoms with van der Waals surface area (Å²) in [5, 5.41) is 8.86. The number of carbonyl (C=O) groups is 2. The first kappa shape index (κ1) is 14.8. The average molecular weight is 257 g/mol. The van der Waals surface area contributed by atoms with Crippen LogP contribution in [0.25, 0.3) is 0 Å². The minimum absolute atomic E-state index is 0.102. The first-order valence-corrected chi connectivity index (χ1v) is 6.37. The summed E-state index contributed by atoms with van der Waals surface area (Å²) < 4.78 is 0. The van der Waals surface area contributed by atoms with E-state index >= 15 is 0 Å². The van der Waals surface area contributed by atoms with Crippen LogP contribution >= 0.6 is 0 Å². The summed E-state index contributed by atoms with van der Waals surface area (Å²) in [6.07, 6.45) is 0.932. The summed E-state index contributed by atoms with van der Waals surface area (Å²) >= 11 is 0. The van der Waals surface area contributed by atoms with E-state index in [0.717, 1.165) is 19.5 Å². The Bertz CT molecular complexity index is 307. The summed E-state index contributed by atoms with van der Waals surface area (Å²) in [7, 11) is 2.03. The molecule has 1 aliphatic heterocycles. The van der Waals surface area contributed by atoms with Crippen LogP contribution in [0, 0.1) is 0 Å². The lowest BCUT2D eigenvalue weighted by molar-refractivity contribution is -0.138. The molecule has 0 radical (unpaired) electrons. The van der Waals surface area contributed by atoms with Gasteiger partial charge in [0, 0.05) is 25.7 Å². The van der Waals surface area contributed by atoms with E-state index in [2.05, 4.69) is 4.90 Å². The summed E-state index contributed by atoms with van der Waals surface area (Å²) in [6.45, 7) is 6.62. The molecule has 1 rings (SSSR count). The molecule has 0 aromatic carbocycles. The van der Waals surface area contributed by atoms with Crippen molar-refractivity contribution < 1.29 is 14.7 Å². The second-order valence-corrected chi connectivity index (χ2v) is 5.04. The van der Waals surface area contributed by atoms with Crippen LogP contribution in [0.15, 0.2) is 0 Å². The number of hydrogen-bond donors (Lipinski definition) is 1. The Hall–Kier alpha value is -1.30. The molecule has 0 saturated carbocycles. The van der Waals surface area contributed by atoms with E-state index in [1.165, 1.54) is 4.90 Å².